The zero-order valence-corrected chi connectivity index (χ0v) is 11.0. The largest absolute Gasteiger partial charge is 0.294 e. The van der Waals surface area contributed by atoms with Crippen LogP contribution in [0.15, 0.2) is 54.7 Å². The number of Topliss-reactive ketones (excluding diaryl/α,β-unsaturated/α-hetero) is 1. The molecule has 0 N–H and O–H groups in total. The first kappa shape index (κ1) is 13.4. The quantitative estimate of drug-likeness (QED) is 0.681. The van der Waals surface area contributed by atoms with Crippen molar-refractivity contribution >= 4 is 16.7 Å². The molecule has 0 bridgehead atoms. The lowest BCUT2D eigenvalue weighted by Crippen LogP contribution is -2.07. The fraction of sp³-hybridized carbons (Fsp3) is 0.0588. The van der Waals surface area contributed by atoms with E-state index < -0.39 is 11.6 Å². The van der Waals surface area contributed by atoms with Crippen LogP contribution in [0.1, 0.15) is 15.9 Å². The first-order chi connectivity index (χ1) is 10.2. The number of carbonyl (C=O) groups is 1. The summed E-state index contributed by atoms with van der Waals surface area (Å²) in [6.07, 6.45) is 1.46. The molecule has 0 unspecified atom stereocenters. The van der Waals surface area contributed by atoms with Crippen LogP contribution in [-0.2, 0) is 6.42 Å². The number of fused-ring (bicyclic) bond motifs is 1. The maximum absolute atomic E-state index is 13.7. The molecule has 0 aliphatic rings. The molecule has 21 heavy (non-hydrogen) atoms. The normalized spacial score (nSPS) is 10.8. The SMILES string of the molecule is O=C(Cc1cccc(F)c1F)c1cccc2ncccc12. The van der Waals surface area contributed by atoms with Crippen LogP contribution in [0.5, 0.6) is 0 Å². The smallest absolute Gasteiger partial charge is 0.168 e. The van der Waals surface area contributed by atoms with Crippen LogP contribution in [-0.4, -0.2) is 10.8 Å². The zero-order valence-electron chi connectivity index (χ0n) is 11.0. The average molecular weight is 283 g/mol. The lowest BCUT2D eigenvalue weighted by atomic mass is 9.99. The summed E-state index contributed by atoms with van der Waals surface area (Å²) in [5.41, 5.74) is 1.22. The zero-order chi connectivity index (χ0) is 14.8. The molecule has 0 spiro atoms. The molecule has 0 atom stereocenters. The lowest BCUT2D eigenvalue weighted by molar-refractivity contribution is 0.0993. The summed E-state index contributed by atoms with van der Waals surface area (Å²) in [5.74, 6) is -2.18. The Morgan fingerprint density at radius 1 is 1.00 bits per heavy atom. The van der Waals surface area contributed by atoms with Crippen LogP contribution in [0.4, 0.5) is 8.78 Å². The molecular formula is C17H11F2NO. The Morgan fingerprint density at radius 3 is 2.67 bits per heavy atom. The number of aromatic nitrogens is 1. The second-order valence-electron chi connectivity index (χ2n) is 4.69. The predicted molar refractivity (Wildman–Crippen MR) is 76.1 cm³/mol. The highest BCUT2D eigenvalue weighted by Crippen LogP contribution is 2.20. The molecule has 0 aliphatic heterocycles. The molecule has 1 aromatic heterocycles. The third-order valence-corrected chi connectivity index (χ3v) is 3.33. The fourth-order valence-corrected chi connectivity index (χ4v) is 2.30. The van der Waals surface area contributed by atoms with Crippen molar-refractivity contribution in [3.8, 4) is 0 Å². The summed E-state index contributed by atoms with van der Waals surface area (Å²) in [4.78, 5) is 16.6. The Balaban J connectivity index is 2.00. The van der Waals surface area contributed by atoms with Gasteiger partial charge in [-0.3, -0.25) is 9.78 Å². The Kier molecular flexibility index (Phi) is 3.44. The van der Waals surface area contributed by atoms with Crippen molar-refractivity contribution in [1.82, 2.24) is 4.98 Å². The highest BCUT2D eigenvalue weighted by atomic mass is 19.2. The molecule has 2 aromatic carbocycles. The van der Waals surface area contributed by atoms with Crippen LogP contribution >= 0.6 is 0 Å². The topological polar surface area (TPSA) is 30.0 Å². The van der Waals surface area contributed by atoms with Crippen LogP contribution in [0.25, 0.3) is 10.9 Å². The second-order valence-corrected chi connectivity index (χ2v) is 4.69. The van der Waals surface area contributed by atoms with Crippen molar-refractivity contribution < 1.29 is 13.6 Å². The maximum Gasteiger partial charge on any atom is 0.168 e. The predicted octanol–water partition coefficient (Wildman–Crippen LogP) is 3.94. The summed E-state index contributed by atoms with van der Waals surface area (Å²) >= 11 is 0. The van der Waals surface area contributed by atoms with Gasteiger partial charge in [-0.2, -0.15) is 0 Å². The van der Waals surface area contributed by atoms with Crippen LogP contribution in [0.2, 0.25) is 0 Å². The minimum atomic E-state index is -0.968. The van der Waals surface area contributed by atoms with E-state index in [-0.39, 0.29) is 17.8 Å². The van der Waals surface area contributed by atoms with E-state index >= 15 is 0 Å². The molecule has 2 nitrogen and oxygen atoms in total. The number of pyridine rings is 1. The molecule has 4 heteroatoms. The van der Waals surface area contributed by atoms with Gasteiger partial charge in [-0.05, 0) is 23.8 Å². The average Bonchev–Trinajstić information content (AvgIpc) is 2.51. The van der Waals surface area contributed by atoms with Gasteiger partial charge >= 0.3 is 0 Å². The van der Waals surface area contributed by atoms with Gasteiger partial charge in [0, 0.05) is 23.6 Å². The van der Waals surface area contributed by atoms with Crippen LogP contribution < -0.4 is 0 Å². The summed E-state index contributed by atoms with van der Waals surface area (Å²) in [7, 11) is 0. The van der Waals surface area contributed by atoms with E-state index in [9.17, 15) is 13.6 Å². The maximum atomic E-state index is 13.7. The van der Waals surface area contributed by atoms with E-state index in [4.69, 9.17) is 0 Å². The van der Waals surface area contributed by atoms with Crippen LogP contribution in [0, 0.1) is 11.6 Å². The Hall–Kier alpha value is -2.62. The Morgan fingerprint density at radius 2 is 1.81 bits per heavy atom. The first-order valence-electron chi connectivity index (χ1n) is 6.46. The third kappa shape index (κ3) is 2.52. The Labute approximate surface area is 120 Å². The van der Waals surface area contributed by atoms with Gasteiger partial charge in [0.05, 0.1) is 5.52 Å². The molecule has 0 amide bonds. The number of carbonyl (C=O) groups excluding carboxylic acids is 1. The van der Waals surface area contributed by atoms with Gasteiger partial charge < -0.3 is 0 Å². The molecule has 0 radical (unpaired) electrons. The van der Waals surface area contributed by atoms with Crippen molar-refractivity contribution in [2.24, 2.45) is 0 Å². The standard InChI is InChI=1S/C17H11F2NO/c18-14-7-1-4-11(17(14)19)10-16(21)13-5-2-8-15-12(13)6-3-9-20-15/h1-9H,10H2. The van der Waals surface area contributed by atoms with Gasteiger partial charge in [0.25, 0.3) is 0 Å². The minimum Gasteiger partial charge on any atom is -0.294 e. The molecule has 1 heterocycles. The lowest BCUT2D eigenvalue weighted by Gasteiger charge is -2.06. The highest BCUT2D eigenvalue weighted by Gasteiger charge is 2.15. The number of hydrogen-bond donors (Lipinski definition) is 0. The number of rotatable bonds is 3. The summed E-state index contributed by atoms with van der Waals surface area (Å²) < 4.78 is 26.8. The summed E-state index contributed by atoms with van der Waals surface area (Å²) in [5, 5.41) is 0.710. The highest BCUT2D eigenvalue weighted by molar-refractivity contribution is 6.08. The van der Waals surface area contributed by atoms with Gasteiger partial charge in [-0.15, -0.1) is 0 Å². The summed E-state index contributed by atoms with van der Waals surface area (Å²) in [6, 6.07) is 12.6. The molecular weight excluding hydrogens is 272 g/mol. The van der Waals surface area contributed by atoms with Crippen molar-refractivity contribution in [2.45, 2.75) is 6.42 Å². The minimum absolute atomic E-state index is 0.0564. The van der Waals surface area contributed by atoms with Gasteiger partial charge in [0.1, 0.15) is 0 Å². The monoisotopic (exact) mass is 283 g/mol. The Bertz CT molecular complexity index is 825. The van der Waals surface area contributed by atoms with Crippen molar-refractivity contribution in [3.05, 3.63) is 77.5 Å². The van der Waals surface area contributed by atoms with E-state index in [1.165, 1.54) is 12.1 Å². The third-order valence-electron chi connectivity index (χ3n) is 3.33. The molecule has 0 saturated carbocycles. The van der Waals surface area contributed by atoms with Crippen molar-refractivity contribution in [3.63, 3.8) is 0 Å². The van der Waals surface area contributed by atoms with Crippen molar-refractivity contribution in [2.75, 3.05) is 0 Å². The molecule has 3 rings (SSSR count). The van der Waals surface area contributed by atoms with E-state index in [0.29, 0.717) is 16.5 Å². The van der Waals surface area contributed by atoms with E-state index in [1.54, 1.807) is 36.5 Å². The van der Waals surface area contributed by atoms with Gasteiger partial charge in [0.15, 0.2) is 17.4 Å². The molecule has 0 fully saturated rings. The van der Waals surface area contributed by atoms with Gasteiger partial charge in [-0.25, -0.2) is 8.78 Å². The number of benzene rings is 2. The van der Waals surface area contributed by atoms with Crippen molar-refractivity contribution in [1.29, 1.82) is 0 Å². The number of nitrogens with zero attached hydrogens (tertiary/aromatic N) is 1. The van der Waals surface area contributed by atoms with Crippen LogP contribution in [0.3, 0.4) is 0 Å². The number of ketones is 1. The van der Waals surface area contributed by atoms with E-state index in [1.807, 2.05) is 0 Å². The number of hydrogen-bond acceptors (Lipinski definition) is 2. The van der Waals surface area contributed by atoms with Gasteiger partial charge in [0.2, 0.25) is 0 Å². The molecule has 0 saturated heterocycles. The fourth-order valence-electron chi connectivity index (χ4n) is 2.30. The molecule has 104 valence electrons. The summed E-state index contributed by atoms with van der Waals surface area (Å²) in [6.45, 7) is 0. The van der Waals surface area contributed by atoms with E-state index in [0.717, 1.165) is 6.07 Å². The van der Waals surface area contributed by atoms with Gasteiger partial charge in [-0.1, -0.05) is 30.3 Å². The second kappa shape index (κ2) is 5.40. The number of halogens is 2. The first-order valence-corrected chi connectivity index (χ1v) is 6.46. The molecule has 3 aromatic rings. The molecule has 0 aliphatic carbocycles. The van der Waals surface area contributed by atoms with E-state index in [2.05, 4.69) is 4.98 Å².